The van der Waals surface area contributed by atoms with Crippen molar-refractivity contribution >= 4 is 66.7 Å². The maximum absolute atomic E-state index is 14.0. The summed E-state index contributed by atoms with van der Waals surface area (Å²) in [6.07, 6.45) is 3.07. The summed E-state index contributed by atoms with van der Waals surface area (Å²) in [6.45, 7) is 2.87. The lowest BCUT2D eigenvalue weighted by Crippen LogP contribution is -2.42. The largest absolute Gasteiger partial charge is 0.309 e. The smallest absolute Gasteiger partial charge is 0.260 e. The molecule has 198 valence electrons. The van der Waals surface area contributed by atoms with Crippen LogP contribution in [0.2, 0.25) is 10.0 Å². The summed E-state index contributed by atoms with van der Waals surface area (Å²) in [5.41, 5.74) is 0.00264. The summed E-state index contributed by atoms with van der Waals surface area (Å²) >= 11 is 15.9. The monoisotopic (exact) mass is 627 g/mol. The number of nitrogens with one attached hydrogen (secondary N) is 1. The van der Waals surface area contributed by atoms with Crippen LogP contribution in [0.5, 0.6) is 0 Å². The highest BCUT2D eigenvalue weighted by atomic mass is 79.9. The average Bonchev–Trinajstić information content (AvgIpc) is 3.33. The summed E-state index contributed by atoms with van der Waals surface area (Å²) in [4.78, 5) is 21.9. The van der Waals surface area contributed by atoms with Gasteiger partial charge in [-0.25, -0.2) is 23.0 Å². The van der Waals surface area contributed by atoms with Crippen molar-refractivity contribution in [2.75, 3.05) is 32.1 Å². The Labute approximate surface area is 235 Å². The van der Waals surface area contributed by atoms with Gasteiger partial charge in [-0.15, -0.1) is 0 Å². The number of hydrogen-bond donors (Lipinski definition) is 1. The van der Waals surface area contributed by atoms with E-state index in [1.54, 1.807) is 25.1 Å². The molecule has 2 aromatic carbocycles. The van der Waals surface area contributed by atoms with Crippen LogP contribution in [0.3, 0.4) is 0 Å². The molecule has 0 saturated carbocycles. The number of sulfonamides is 1. The Morgan fingerprint density at radius 2 is 1.73 bits per heavy atom. The number of rotatable bonds is 10. The SMILES string of the molecule is CN(C)CCCCNS(=O)(=O)c1cnc2n1[C@](C)(Cc1ccc(Br)cc1)C(=O)N2c1cc(Cl)cc(Cl)c1. The number of anilines is 2. The second-order valence-electron chi connectivity index (χ2n) is 9.49. The highest BCUT2D eigenvalue weighted by Gasteiger charge is 2.51. The predicted molar refractivity (Wildman–Crippen MR) is 150 cm³/mol. The van der Waals surface area contributed by atoms with Crippen LogP contribution in [-0.4, -0.2) is 56.0 Å². The zero-order chi connectivity index (χ0) is 27.0. The van der Waals surface area contributed by atoms with Crippen LogP contribution < -0.4 is 9.62 Å². The van der Waals surface area contributed by atoms with Gasteiger partial charge in [0, 0.05) is 27.5 Å². The molecule has 0 spiro atoms. The zero-order valence-corrected chi connectivity index (χ0v) is 24.6. The van der Waals surface area contributed by atoms with Crippen LogP contribution in [-0.2, 0) is 26.8 Å². The molecule has 1 atom stereocenters. The minimum absolute atomic E-state index is 0.0707. The van der Waals surface area contributed by atoms with Crippen molar-refractivity contribution in [3.63, 3.8) is 0 Å². The molecule has 2 heterocycles. The standard InChI is InChI=1S/C25H28BrCl2N5O3S/c1-25(15-17-6-8-18(26)9-7-17)23(34)32(21-13-19(27)12-20(28)14-21)24-29-16-22(33(24)25)37(35,36)30-10-4-5-11-31(2)3/h6-9,12-14,16,30H,4-5,10-11,15H2,1-3H3/t25-/m1/s1. The molecule has 4 rings (SSSR count). The molecule has 8 nitrogen and oxygen atoms in total. The summed E-state index contributed by atoms with van der Waals surface area (Å²) < 4.78 is 32.0. The van der Waals surface area contributed by atoms with E-state index in [1.165, 1.54) is 15.7 Å². The minimum Gasteiger partial charge on any atom is -0.309 e. The van der Waals surface area contributed by atoms with Gasteiger partial charge < -0.3 is 4.90 Å². The zero-order valence-electron chi connectivity index (χ0n) is 20.7. The van der Waals surface area contributed by atoms with Crippen molar-refractivity contribution in [2.45, 2.75) is 36.8 Å². The first-order chi connectivity index (χ1) is 17.4. The summed E-state index contributed by atoms with van der Waals surface area (Å²) in [5.74, 6) is -0.143. The average molecular weight is 629 g/mol. The lowest BCUT2D eigenvalue weighted by molar-refractivity contribution is -0.124. The van der Waals surface area contributed by atoms with Gasteiger partial charge in [-0.1, -0.05) is 51.3 Å². The molecule has 0 unspecified atom stereocenters. The Kier molecular flexibility index (Phi) is 8.37. The van der Waals surface area contributed by atoms with E-state index in [0.29, 0.717) is 22.2 Å². The van der Waals surface area contributed by atoms with Crippen molar-refractivity contribution in [2.24, 2.45) is 0 Å². The second-order valence-corrected chi connectivity index (χ2v) is 13.0. The Morgan fingerprint density at radius 3 is 2.35 bits per heavy atom. The number of unbranched alkanes of at least 4 members (excludes halogenated alkanes) is 1. The number of halogens is 3. The molecule has 1 aliphatic heterocycles. The number of carbonyl (C=O) groups excluding carboxylic acids is 1. The van der Waals surface area contributed by atoms with E-state index in [4.69, 9.17) is 23.2 Å². The normalized spacial score (nSPS) is 17.6. The molecule has 0 aliphatic carbocycles. The first kappa shape index (κ1) is 28.1. The van der Waals surface area contributed by atoms with Crippen LogP contribution in [0.1, 0.15) is 25.3 Å². The van der Waals surface area contributed by atoms with Crippen molar-refractivity contribution in [1.29, 1.82) is 0 Å². The summed E-state index contributed by atoms with van der Waals surface area (Å²) in [7, 11) is -0.0118. The van der Waals surface area contributed by atoms with Gasteiger partial charge in [-0.3, -0.25) is 9.36 Å². The van der Waals surface area contributed by atoms with Gasteiger partial charge in [0.2, 0.25) is 5.95 Å². The van der Waals surface area contributed by atoms with Crippen LogP contribution in [0, 0.1) is 0 Å². The van der Waals surface area contributed by atoms with Gasteiger partial charge in [-0.2, -0.15) is 0 Å². The van der Waals surface area contributed by atoms with E-state index in [0.717, 1.165) is 23.0 Å². The van der Waals surface area contributed by atoms with Crippen LogP contribution in [0.25, 0.3) is 0 Å². The Bertz CT molecular complexity index is 1390. The number of nitrogens with zero attached hydrogens (tertiary/aromatic N) is 4. The molecule has 3 aromatic rings. The number of imidazole rings is 1. The fraction of sp³-hybridized carbons (Fsp3) is 0.360. The van der Waals surface area contributed by atoms with Gasteiger partial charge in [0.15, 0.2) is 5.03 Å². The molecule has 1 aliphatic rings. The number of benzene rings is 2. The Balaban J connectivity index is 1.76. The van der Waals surface area contributed by atoms with E-state index >= 15 is 0 Å². The van der Waals surface area contributed by atoms with Crippen LogP contribution in [0.4, 0.5) is 11.6 Å². The topological polar surface area (TPSA) is 87.5 Å². The fourth-order valence-corrected chi connectivity index (χ4v) is 6.51. The quantitative estimate of drug-likeness (QED) is 0.312. The number of aromatic nitrogens is 2. The van der Waals surface area contributed by atoms with Crippen molar-refractivity contribution < 1.29 is 13.2 Å². The molecular formula is C25H28BrCl2N5O3S. The molecule has 0 saturated heterocycles. The molecule has 0 fully saturated rings. The number of fused-ring (bicyclic) bond motifs is 1. The van der Waals surface area contributed by atoms with Crippen molar-refractivity contribution in [3.05, 3.63) is 68.7 Å². The van der Waals surface area contributed by atoms with Gasteiger partial charge in [0.1, 0.15) is 5.54 Å². The van der Waals surface area contributed by atoms with Crippen LogP contribution in [0.15, 0.2) is 58.2 Å². The van der Waals surface area contributed by atoms with Crippen LogP contribution >= 0.6 is 39.1 Å². The van der Waals surface area contributed by atoms with Crippen molar-refractivity contribution in [1.82, 2.24) is 19.2 Å². The second kappa shape index (κ2) is 11.0. The fourth-order valence-electron chi connectivity index (χ4n) is 4.45. The van der Waals surface area contributed by atoms with Gasteiger partial charge in [-0.05, 0) is 76.3 Å². The third kappa shape index (κ3) is 5.89. The van der Waals surface area contributed by atoms with E-state index < -0.39 is 15.6 Å². The molecule has 0 radical (unpaired) electrons. The van der Waals surface area contributed by atoms with E-state index in [1.807, 2.05) is 43.3 Å². The minimum atomic E-state index is -3.96. The van der Waals surface area contributed by atoms with E-state index in [-0.39, 0.29) is 29.8 Å². The Hall–Kier alpha value is -1.95. The Morgan fingerprint density at radius 1 is 1.08 bits per heavy atom. The molecule has 37 heavy (non-hydrogen) atoms. The predicted octanol–water partition coefficient (Wildman–Crippen LogP) is 5.21. The number of hydrogen-bond acceptors (Lipinski definition) is 5. The highest BCUT2D eigenvalue weighted by molar-refractivity contribution is 9.10. The van der Waals surface area contributed by atoms with Crippen molar-refractivity contribution in [3.8, 4) is 0 Å². The molecule has 12 heteroatoms. The number of carbonyl (C=O) groups is 1. The number of amides is 1. The lowest BCUT2D eigenvalue weighted by atomic mass is 9.92. The summed E-state index contributed by atoms with van der Waals surface area (Å²) in [5, 5.41) is 0.628. The highest BCUT2D eigenvalue weighted by Crippen LogP contribution is 2.44. The van der Waals surface area contributed by atoms with Gasteiger partial charge in [0.05, 0.1) is 11.9 Å². The lowest BCUT2D eigenvalue weighted by Gasteiger charge is -2.26. The third-order valence-corrected chi connectivity index (χ3v) is 8.62. The first-order valence-electron chi connectivity index (χ1n) is 11.7. The van der Waals surface area contributed by atoms with Gasteiger partial charge in [0.25, 0.3) is 15.9 Å². The maximum atomic E-state index is 14.0. The molecule has 1 amide bonds. The molecular weight excluding hydrogens is 601 g/mol. The molecule has 0 bridgehead atoms. The third-order valence-electron chi connectivity index (χ3n) is 6.23. The molecule has 1 aromatic heterocycles. The maximum Gasteiger partial charge on any atom is 0.260 e. The van der Waals surface area contributed by atoms with E-state index in [2.05, 4.69) is 25.6 Å². The first-order valence-corrected chi connectivity index (χ1v) is 14.7. The van der Waals surface area contributed by atoms with E-state index in [9.17, 15) is 13.2 Å². The van der Waals surface area contributed by atoms with Gasteiger partial charge >= 0.3 is 0 Å². The molecule has 1 N–H and O–H groups in total. The summed E-state index contributed by atoms with van der Waals surface area (Å²) in [6, 6.07) is 12.3.